The largest absolute Gasteiger partial charge is 0.366 e. The van der Waals surface area contributed by atoms with Crippen LogP contribution in [0.4, 0.5) is 5.95 Å². The average Bonchev–Trinajstić information content (AvgIpc) is 2.15. The minimum absolute atomic E-state index is 0.162. The van der Waals surface area contributed by atoms with Crippen LogP contribution in [0, 0.1) is 0 Å². The summed E-state index contributed by atoms with van der Waals surface area (Å²) in [6, 6.07) is 0. The molecule has 0 aliphatic heterocycles. The van der Waals surface area contributed by atoms with Crippen LogP contribution in [-0.2, 0) is 4.79 Å². The Morgan fingerprint density at radius 1 is 1.90 bits per heavy atom. The Morgan fingerprint density at radius 3 is 3.00 bits per heavy atom. The molecule has 0 saturated heterocycles. The van der Waals surface area contributed by atoms with Crippen LogP contribution in [0.5, 0.6) is 0 Å². The summed E-state index contributed by atoms with van der Waals surface area (Å²) in [7, 11) is 0. The van der Waals surface area contributed by atoms with Crippen LogP contribution in [0.15, 0.2) is 6.33 Å². The maximum absolute atomic E-state index is 10.4. The van der Waals surface area contributed by atoms with E-state index >= 15 is 0 Å². The zero-order valence-corrected chi connectivity index (χ0v) is 5.40. The number of nitrogens with one attached hydrogen (secondary N) is 1. The van der Waals surface area contributed by atoms with Gasteiger partial charge >= 0.3 is 0 Å². The van der Waals surface area contributed by atoms with E-state index in [0.29, 0.717) is 0 Å². The van der Waals surface area contributed by atoms with E-state index in [0.717, 1.165) is 0 Å². The summed E-state index contributed by atoms with van der Waals surface area (Å²) in [5.41, 5.74) is 7.64. The van der Waals surface area contributed by atoms with Crippen LogP contribution in [0.2, 0.25) is 0 Å². The Balaban J connectivity index is 2.74. The molecule has 54 valence electrons. The minimum atomic E-state index is -0.216. The smallest absolute Gasteiger partial charge is 0.241 e. The van der Waals surface area contributed by atoms with Crippen molar-refractivity contribution in [2.24, 2.45) is 0 Å². The van der Waals surface area contributed by atoms with Crippen LogP contribution in [0.1, 0.15) is 6.92 Å². The third-order valence-corrected chi connectivity index (χ3v) is 0.852. The Bertz CT molecular complexity index is 242. The lowest BCUT2D eigenvalue weighted by molar-refractivity contribution is -0.115. The van der Waals surface area contributed by atoms with Gasteiger partial charge in [0.2, 0.25) is 11.9 Å². The molecule has 3 N–H and O–H groups in total. The highest BCUT2D eigenvalue weighted by atomic mass is 16.2. The summed E-state index contributed by atoms with van der Waals surface area (Å²) >= 11 is 0. The number of carbonyl (C=O) groups excluding carboxylic acids is 1. The molecule has 0 aromatic carbocycles. The number of nitrogen functional groups attached to an aromatic ring is 1. The number of nitrogens with zero attached hydrogens (tertiary/aromatic N) is 3. The predicted molar refractivity (Wildman–Crippen MR) is 34.5 cm³/mol. The molecule has 0 atom stereocenters. The maximum Gasteiger partial charge on any atom is 0.241 e. The molecular weight excluding hydrogens is 134 g/mol. The molecule has 1 aromatic rings. The number of nitrogens with two attached hydrogens (primary N) is 1. The first-order valence-corrected chi connectivity index (χ1v) is 2.63. The number of carbonyl (C=O) groups is 1. The number of amides is 1. The van der Waals surface area contributed by atoms with Gasteiger partial charge in [0, 0.05) is 6.92 Å². The number of anilines is 1. The zero-order valence-electron chi connectivity index (χ0n) is 5.40. The second kappa shape index (κ2) is 2.34. The zero-order chi connectivity index (χ0) is 7.56. The van der Waals surface area contributed by atoms with E-state index in [1.807, 2.05) is 0 Å². The molecule has 0 saturated carbocycles. The van der Waals surface area contributed by atoms with Crippen molar-refractivity contribution < 1.29 is 4.79 Å². The van der Waals surface area contributed by atoms with E-state index in [1.165, 1.54) is 17.9 Å². The van der Waals surface area contributed by atoms with Gasteiger partial charge in [0.15, 0.2) is 0 Å². The Morgan fingerprint density at radius 2 is 2.60 bits per heavy atom. The fourth-order valence-electron chi connectivity index (χ4n) is 0.500. The van der Waals surface area contributed by atoms with Gasteiger partial charge in [-0.1, -0.05) is 0 Å². The third-order valence-electron chi connectivity index (χ3n) is 0.852. The molecule has 0 spiro atoms. The molecule has 6 nitrogen and oxygen atoms in total. The van der Waals surface area contributed by atoms with E-state index in [1.54, 1.807) is 0 Å². The van der Waals surface area contributed by atoms with Crippen molar-refractivity contribution in [3.05, 3.63) is 6.33 Å². The highest BCUT2D eigenvalue weighted by Gasteiger charge is 1.97. The fourth-order valence-corrected chi connectivity index (χ4v) is 0.500. The Kier molecular flexibility index (Phi) is 1.53. The van der Waals surface area contributed by atoms with Crippen molar-refractivity contribution in [3.8, 4) is 0 Å². The second-order valence-corrected chi connectivity index (χ2v) is 1.73. The first kappa shape index (κ1) is 6.53. The summed E-state index contributed by atoms with van der Waals surface area (Å²) in [5, 5.41) is 6.89. The van der Waals surface area contributed by atoms with Crippen molar-refractivity contribution >= 4 is 11.9 Å². The first-order chi connectivity index (χ1) is 4.70. The summed E-state index contributed by atoms with van der Waals surface area (Å²) in [4.78, 5) is 10.4. The normalized spacial score (nSPS) is 9.30. The van der Waals surface area contributed by atoms with Crippen molar-refractivity contribution in [2.75, 3.05) is 11.2 Å². The SMILES string of the molecule is CC(=O)Nn1cnnc1N. The van der Waals surface area contributed by atoms with E-state index in [2.05, 4.69) is 15.6 Å². The number of rotatable bonds is 1. The average molecular weight is 141 g/mol. The predicted octanol–water partition coefficient (Wildman–Crippen LogP) is -1.05. The van der Waals surface area contributed by atoms with Crippen LogP contribution in [0.25, 0.3) is 0 Å². The number of aromatic nitrogens is 3. The molecule has 0 bridgehead atoms. The van der Waals surface area contributed by atoms with Gasteiger partial charge in [-0.2, -0.15) is 0 Å². The van der Waals surface area contributed by atoms with Crippen LogP contribution >= 0.6 is 0 Å². The van der Waals surface area contributed by atoms with Crippen LogP contribution in [-0.4, -0.2) is 20.8 Å². The minimum Gasteiger partial charge on any atom is -0.366 e. The quantitative estimate of drug-likeness (QED) is 0.522. The second-order valence-electron chi connectivity index (χ2n) is 1.73. The highest BCUT2D eigenvalue weighted by Crippen LogP contribution is 1.89. The fraction of sp³-hybridized carbons (Fsp3) is 0.250. The summed E-state index contributed by atoms with van der Waals surface area (Å²) < 4.78 is 1.24. The maximum atomic E-state index is 10.4. The molecule has 1 amide bonds. The summed E-state index contributed by atoms with van der Waals surface area (Å²) in [5.74, 6) is -0.0540. The molecule has 0 radical (unpaired) electrons. The van der Waals surface area contributed by atoms with E-state index in [-0.39, 0.29) is 11.9 Å². The first-order valence-electron chi connectivity index (χ1n) is 2.63. The Labute approximate surface area is 57.0 Å². The molecule has 1 rings (SSSR count). The molecule has 10 heavy (non-hydrogen) atoms. The lowest BCUT2D eigenvalue weighted by Gasteiger charge is -2.00. The molecule has 0 unspecified atom stereocenters. The van der Waals surface area contributed by atoms with Gasteiger partial charge in [0.25, 0.3) is 0 Å². The lowest BCUT2D eigenvalue weighted by atomic mass is 10.8. The molecular formula is C4H7N5O. The molecule has 6 heteroatoms. The Hall–Kier alpha value is -1.59. The topological polar surface area (TPSA) is 85.8 Å². The van der Waals surface area contributed by atoms with Gasteiger partial charge in [0.1, 0.15) is 6.33 Å². The summed E-state index contributed by atoms with van der Waals surface area (Å²) in [6.07, 6.45) is 1.32. The van der Waals surface area contributed by atoms with Gasteiger partial charge in [-0.3, -0.25) is 10.2 Å². The van der Waals surface area contributed by atoms with Crippen molar-refractivity contribution in [1.29, 1.82) is 0 Å². The van der Waals surface area contributed by atoms with Gasteiger partial charge in [-0.15, -0.1) is 10.2 Å². The van der Waals surface area contributed by atoms with Gasteiger partial charge < -0.3 is 5.73 Å². The molecule has 1 heterocycles. The lowest BCUT2D eigenvalue weighted by Crippen LogP contribution is -2.20. The molecule has 0 fully saturated rings. The summed E-state index contributed by atoms with van der Waals surface area (Å²) in [6.45, 7) is 1.37. The monoisotopic (exact) mass is 141 g/mol. The number of hydrogen-bond acceptors (Lipinski definition) is 4. The van der Waals surface area contributed by atoms with Gasteiger partial charge in [0.05, 0.1) is 0 Å². The molecule has 0 aliphatic carbocycles. The number of hydrogen-bond donors (Lipinski definition) is 2. The van der Waals surface area contributed by atoms with Crippen LogP contribution < -0.4 is 11.2 Å². The van der Waals surface area contributed by atoms with Crippen molar-refractivity contribution in [3.63, 3.8) is 0 Å². The van der Waals surface area contributed by atoms with E-state index in [9.17, 15) is 4.79 Å². The van der Waals surface area contributed by atoms with E-state index in [4.69, 9.17) is 5.73 Å². The van der Waals surface area contributed by atoms with Crippen LogP contribution in [0.3, 0.4) is 0 Å². The molecule has 1 aromatic heterocycles. The highest BCUT2D eigenvalue weighted by molar-refractivity contribution is 5.81. The standard InChI is InChI=1S/C4H7N5O/c1-3(10)8-9-2-6-7-4(9)5/h2H,1H3,(H2,5,7)(H,8,10). The van der Waals surface area contributed by atoms with E-state index < -0.39 is 0 Å². The van der Waals surface area contributed by atoms with Gasteiger partial charge in [-0.05, 0) is 0 Å². The van der Waals surface area contributed by atoms with Crippen molar-refractivity contribution in [2.45, 2.75) is 6.92 Å². The third kappa shape index (κ3) is 1.22. The molecule has 0 aliphatic rings. The van der Waals surface area contributed by atoms with Crippen molar-refractivity contribution in [1.82, 2.24) is 14.9 Å². The van der Waals surface area contributed by atoms with Gasteiger partial charge in [-0.25, -0.2) is 4.68 Å².